The Morgan fingerprint density at radius 2 is 0.721 bits per heavy atom. The maximum Gasteiger partial charge on any atom is 0.187 e. The minimum atomic E-state index is 0.0790. The van der Waals surface area contributed by atoms with Gasteiger partial charge in [-0.1, -0.05) is 96.9 Å². The number of thiazole rings is 1. The lowest BCUT2D eigenvalue weighted by Gasteiger charge is -2.19. The molecule has 1 aliphatic rings. The number of hydrogen-bond acceptors (Lipinski definition) is 31. The molecule has 11 aromatic heterocycles. The van der Waals surface area contributed by atoms with Crippen molar-refractivity contribution in [3.63, 3.8) is 0 Å². The van der Waals surface area contributed by atoms with Crippen LogP contribution in [-0.4, -0.2) is 103 Å². The van der Waals surface area contributed by atoms with Crippen LogP contribution in [0.3, 0.4) is 0 Å². The average molecular weight is 1570 g/mol. The van der Waals surface area contributed by atoms with E-state index in [1.165, 1.54) is 12.8 Å². The highest BCUT2D eigenvalue weighted by Crippen LogP contribution is 2.42. The Balaban J connectivity index is 0.000000174. The van der Waals surface area contributed by atoms with E-state index in [0.717, 1.165) is 100 Å². The number of aryl methyl sites for hydroxylation is 6. The van der Waals surface area contributed by atoms with Crippen molar-refractivity contribution in [3.8, 4) is 68.2 Å². The molecular formula is C80H105N23O5S3. The Morgan fingerprint density at radius 1 is 0.396 bits per heavy atom. The van der Waals surface area contributed by atoms with Crippen LogP contribution in [0.15, 0.2) is 109 Å². The fourth-order valence-corrected chi connectivity index (χ4v) is 12.4. The van der Waals surface area contributed by atoms with Gasteiger partial charge in [-0.3, -0.25) is 4.98 Å². The van der Waals surface area contributed by atoms with Crippen molar-refractivity contribution in [1.82, 2.24) is 79.7 Å². The van der Waals surface area contributed by atoms with Crippen molar-refractivity contribution in [2.75, 3.05) is 51.6 Å². The number of pyridine rings is 5. The summed E-state index contributed by atoms with van der Waals surface area (Å²) in [5.74, 6) is 14.7. The molecular weight excluding hydrogens is 1460 g/mol. The highest BCUT2D eigenvalue weighted by atomic mass is 32.2. The van der Waals surface area contributed by atoms with Crippen molar-refractivity contribution >= 4 is 75.6 Å². The summed E-state index contributed by atoms with van der Waals surface area (Å²) < 4.78 is 29.9. The fourth-order valence-electron chi connectivity index (χ4n) is 10.2. The number of nitrogens with zero attached hydrogens (tertiary/aromatic N) is 16. The lowest BCUT2D eigenvalue weighted by molar-refractivity contribution is 0.467. The van der Waals surface area contributed by atoms with Gasteiger partial charge in [0.25, 0.3) is 0 Å². The van der Waals surface area contributed by atoms with Crippen LogP contribution < -0.4 is 63.0 Å². The molecule has 111 heavy (non-hydrogen) atoms. The molecule has 0 saturated heterocycles. The number of anilines is 7. The quantitative estimate of drug-likeness (QED) is 0.0292. The normalized spacial score (nSPS) is 11.7. The van der Waals surface area contributed by atoms with Crippen molar-refractivity contribution < 1.29 is 23.7 Å². The molecule has 0 amide bonds. The van der Waals surface area contributed by atoms with Gasteiger partial charge in [-0.15, -0.1) is 34.9 Å². The molecule has 0 spiro atoms. The highest BCUT2D eigenvalue weighted by Gasteiger charge is 2.24. The molecule has 0 aliphatic heterocycles. The fraction of sp³-hybridized carbons (Fsp3) is 0.400. The van der Waals surface area contributed by atoms with Gasteiger partial charge in [0.05, 0.1) is 36.0 Å². The first kappa shape index (κ1) is 85.7. The summed E-state index contributed by atoms with van der Waals surface area (Å²) in [7, 11) is 0. The zero-order valence-electron chi connectivity index (χ0n) is 67.3. The number of ether oxygens (including phenoxy) is 5. The van der Waals surface area contributed by atoms with Crippen LogP contribution in [0.4, 0.5) is 40.7 Å². The Bertz CT molecular complexity index is 4810. The standard InChI is InChI=1S/C17H19N5OS.C17H24N4OS.C16H21N5O.C15H21N5O.C15H20N4OS/c1-9(2)12-7-20-13(17-21-6-10(3)24-17)5-14(12)23-15-8-19-11(4)22-16(15)18;1-10(2)12-8-20-15(23-17(4,5)6)7-13(12)22-14-9-19-11(3)21-16(14)18;1-9(2)12-7-19-15(21-11-4-5-11)6-13(12)22-14-8-18-10(3)20-16(14)17;1-5-17-14-6-12(11(7-19-14)9(2)3)21-13-8-18-10(4)20-15(13)16;1-5-21-14-6-12(11(7-18-14)9(2)3)20-13-8-17-10(4)19-15(13)16/h5-9H,1-4H3,(H2,18,19,22);7-10H,1-6H3,(H2,18,19,21);6-9,11H,4-5H2,1-3H3,(H,19,21)(H2,17,18,20);6-9H,5H2,1-4H3,(H,17,19)(H2,16,18,20);6-9H,5H2,1-4H3,(H2,16,17,19). The Labute approximate surface area is 663 Å². The van der Waals surface area contributed by atoms with Gasteiger partial charge in [0.15, 0.2) is 57.8 Å². The van der Waals surface area contributed by atoms with E-state index in [-0.39, 0.29) is 16.6 Å². The van der Waals surface area contributed by atoms with Crippen LogP contribution in [0.2, 0.25) is 0 Å². The van der Waals surface area contributed by atoms with Crippen LogP contribution in [-0.2, 0) is 0 Å². The summed E-state index contributed by atoms with van der Waals surface area (Å²) in [5, 5.41) is 9.26. The van der Waals surface area contributed by atoms with Gasteiger partial charge < -0.3 is 63.0 Å². The third-order valence-corrected chi connectivity index (χ3v) is 18.8. The molecule has 0 unspecified atom stereocenters. The minimum Gasteiger partial charge on any atom is -0.451 e. The Kier molecular flexibility index (Phi) is 30.6. The lowest BCUT2D eigenvalue weighted by atomic mass is 10.0. The first-order valence-corrected chi connectivity index (χ1v) is 39.4. The molecule has 11 aromatic rings. The monoisotopic (exact) mass is 1560 g/mol. The second-order valence-corrected chi connectivity index (χ2v) is 32.8. The number of nitrogens with one attached hydrogen (secondary N) is 2. The molecule has 31 heteroatoms. The zero-order valence-corrected chi connectivity index (χ0v) is 69.8. The summed E-state index contributed by atoms with van der Waals surface area (Å²) in [4.78, 5) is 69.3. The second kappa shape index (κ2) is 39.6. The van der Waals surface area contributed by atoms with Gasteiger partial charge in [-0.05, 0) is 96.7 Å². The summed E-state index contributed by atoms with van der Waals surface area (Å²) >= 11 is 4.97. The molecule has 1 saturated carbocycles. The molecule has 0 aromatic carbocycles. The van der Waals surface area contributed by atoms with E-state index in [2.05, 4.69) is 187 Å². The zero-order chi connectivity index (χ0) is 81.0. The van der Waals surface area contributed by atoms with Gasteiger partial charge in [0, 0.05) is 118 Å². The molecule has 1 fully saturated rings. The number of aromatic nitrogens is 16. The number of hydrogen-bond donors (Lipinski definition) is 7. The molecule has 12 rings (SSSR count). The van der Waals surface area contributed by atoms with Gasteiger partial charge in [0.1, 0.15) is 85.2 Å². The van der Waals surface area contributed by atoms with E-state index >= 15 is 0 Å². The molecule has 1 aliphatic carbocycles. The van der Waals surface area contributed by atoms with Crippen molar-refractivity contribution in [3.05, 3.63) is 160 Å². The van der Waals surface area contributed by atoms with Gasteiger partial charge in [0.2, 0.25) is 0 Å². The highest BCUT2D eigenvalue weighted by molar-refractivity contribution is 8.00. The van der Waals surface area contributed by atoms with Crippen molar-refractivity contribution in [2.45, 2.75) is 209 Å². The summed E-state index contributed by atoms with van der Waals surface area (Å²) in [6, 6.07) is 10.1. The van der Waals surface area contributed by atoms with E-state index in [9.17, 15) is 0 Å². The van der Waals surface area contributed by atoms with Crippen LogP contribution in [0.25, 0.3) is 10.7 Å². The molecule has 12 N–H and O–H groups in total. The number of nitrogens with two attached hydrogens (primary N) is 5. The first-order chi connectivity index (χ1) is 52.6. The van der Waals surface area contributed by atoms with Gasteiger partial charge >= 0.3 is 0 Å². The Hall–Kier alpha value is -10.9. The van der Waals surface area contributed by atoms with Crippen LogP contribution in [0.1, 0.15) is 208 Å². The molecule has 0 atom stereocenters. The maximum absolute atomic E-state index is 6.01. The summed E-state index contributed by atoms with van der Waals surface area (Å²) in [5.41, 5.74) is 35.5. The predicted molar refractivity (Wildman–Crippen MR) is 447 cm³/mol. The minimum absolute atomic E-state index is 0.0790. The third kappa shape index (κ3) is 25.8. The Morgan fingerprint density at radius 3 is 1.05 bits per heavy atom. The molecule has 588 valence electrons. The van der Waals surface area contributed by atoms with Crippen molar-refractivity contribution in [2.24, 2.45) is 0 Å². The second-order valence-electron chi connectivity index (χ2n) is 28.4. The SMILES string of the molecule is CCNc1cc(Oc2cnc(C)nc2N)c(C(C)C)cn1.CCSc1cc(Oc2cnc(C)nc2N)c(C(C)C)cn1.Cc1ncc(Oc2cc(-c3ncc(C)s3)ncc2C(C)C)c(N)n1.Cc1ncc(Oc2cc(NC3CC3)ncc2C(C)C)c(N)n1.Cc1ncc(Oc2cc(SC(C)(C)C)ncc2C(C)C)c(N)n1. The van der Waals surface area contributed by atoms with E-state index in [4.69, 9.17) is 52.4 Å². The van der Waals surface area contributed by atoms with Crippen molar-refractivity contribution in [1.29, 1.82) is 0 Å². The first-order valence-electron chi connectivity index (χ1n) is 36.7. The topological polar surface area (TPSA) is 407 Å². The van der Waals surface area contributed by atoms with E-state index < -0.39 is 0 Å². The predicted octanol–water partition coefficient (Wildman–Crippen LogP) is 18.8. The van der Waals surface area contributed by atoms with E-state index in [1.807, 2.05) is 81.4 Å². The molecule has 0 radical (unpaired) electrons. The van der Waals surface area contributed by atoms with E-state index in [0.29, 0.717) is 117 Å². The number of rotatable bonds is 23. The lowest BCUT2D eigenvalue weighted by Crippen LogP contribution is -2.08. The van der Waals surface area contributed by atoms with E-state index in [1.54, 1.807) is 100 Å². The maximum atomic E-state index is 6.01. The number of nitrogen functional groups attached to an aromatic ring is 5. The number of thioether (sulfide) groups is 2. The third-order valence-electron chi connectivity index (χ3n) is 16.0. The molecule has 11 heterocycles. The smallest absolute Gasteiger partial charge is 0.187 e. The van der Waals surface area contributed by atoms with Gasteiger partial charge in [-0.25, -0.2) is 74.8 Å². The van der Waals surface area contributed by atoms with Crippen LogP contribution >= 0.6 is 34.9 Å². The average Bonchev–Trinajstić information content (AvgIpc) is 1.67. The van der Waals surface area contributed by atoms with Gasteiger partial charge in [-0.2, -0.15) is 0 Å². The molecule has 0 bridgehead atoms. The van der Waals surface area contributed by atoms with Crippen LogP contribution in [0, 0.1) is 41.5 Å². The summed E-state index contributed by atoms with van der Waals surface area (Å²) in [6.07, 6.45) is 21.5. The molecule has 28 nitrogen and oxygen atoms in total. The largest absolute Gasteiger partial charge is 0.451 e. The van der Waals surface area contributed by atoms with Crippen LogP contribution in [0.5, 0.6) is 57.5 Å². The summed E-state index contributed by atoms with van der Waals surface area (Å²) in [6.45, 7) is 43.3.